The summed E-state index contributed by atoms with van der Waals surface area (Å²) in [5.74, 6) is -0.240. The van der Waals surface area contributed by atoms with E-state index in [1.807, 2.05) is 36.4 Å². The van der Waals surface area contributed by atoms with Crippen LogP contribution in [0.25, 0.3) is 0 Å². The lowest BCUT2D eigenvalue weighted by Gasteiger charge is -2.38. The third-order valence-corrected chi connectivity index (χ3v) is 5.73. The van der Waals surface area contributed by atoms with E-state index in [1.54, 1.807) is 6.07 Å². The molecule has 0 amide bonds. The minimum atomic E-state index is -0.551. The molecule has 3 aromatic carbocycles. The Kier molecular flexibility index (Phi) is 6.33. The van der Waals surface area contributed by atoms with Gasteiger partial charge in [0.05, 0.1) is 24.9 Å². The molecule has 0 aliphatic carbocycles. The van der Waals surface area contributed by atoms with Gasteiger partial charge >= 0.3 is 0 Å². The van der Waals surface area contributed by atoms with Crippen molar-refractivity contribution in [2.45, 2.75) is 37.1 Å². The Bertz CT molecular complexity index is 908. The fourth-order valence-electron chi connectivity index (χ4n) is 4.11. The number of hydrogen-bond donors (Lipinski definition) is 4. The van der Waals surface area contributed by atoms with Crippen LogP contribution in [0.1, 0.15) is 29.0 Å². The van der Waals surface area contributed by atoms with E-state index >= 15 is 0 Å². The Morgan fingerprint density at radius 1 is 0.867 bits per heavy atom. The highest BCUT2D eigenvalue weighted by Crippen LogP contribution is 2.34. The smallest absolute Gasteiger partial charge is 0.157 e. The molecule has 0 unspecified atom stereocenters. The predicted octanol–water partition coefficient (Wildman–Crippen LogP) is 3.54. The Hall–Kier alpha value is -2.86. The lowest BCUT2D eigenvalue weighted by molar-refractivity contribution is -0.0718. The van der Waals surface area contributed by atoms with E-state index < -0.39 is 6.10 Å². The summed E-state index contributed by atoms with van der Waals surface area (Å²) in [6, 6.07) is 25.1. The molecule has 4 rings (SSSR count). The largest absolute Gasteiger partial charge is 0.504 e. The van der Waals surface area contributed by atoms with Crippen molar-refractivity contribution in [1.82, 2.24) is 5.32 Å². The first-order valence-electron chi connectivity index (χ1n) is 10.3. The topological polar surface area (TPSA) is 82.0 Å². The number of aliphatic hydroxyl groups excluding tert-OH is 1. The molecule has 3 atom stereocenters. The van der Waals surface area contributed by atoms with Crippen LogP contribution in [0.15, 0.2) is 78.9 Å². The Balaban J connectivity index is 1.44. The second-order valence-electron chi connectivity index (χ2n) is 7.78. The maximum Gasteiger partial charge on any atom is 0.157 e. The Morgan fingerprint density at radius 2 is 1.50 bits per heavy atom. The summed E-state index contributed by atoms with van der Waals surface area (Å²) in [7, 11) is 0. The fraction of sp³-hybridized carbons (Fsp3) is 0.280. The molecule has 4 N–H and O–H groups in total. The molecule has 0 spiro atoms. The molecule has 0 radical (unpaired) electrons. The molecule has 156 valence electrons. The van der Waals surface area contributed by atoms with Gasteiger partial charge in [0, 0.05) is 18.9 Å². The molecule has 0 aromatic heterocycles. The zero-order valence-corrected chi connectivity index (χ0v) is 16.7. The minimum absolute atomic E-state index is 0.0528. The van der Waals surface area contributed by atoms with Crippen molar-refractivity contribution >= 4 is 0 Å². The van der Waals surface area contributed by atoms with Gasteiger partial charge in [-0.05, 0) is 28.8 Å². The van der Waals surface area contributed by atoms with Crippen molar-refractivity contribution in [3.05, 3.63) is 95.6 Å². The van der Waals surface area contributed by atoms with Crippen LogP contribution in [-0.4, -0.2) is 40.2 Å². The summed E-state index contributed by atoms with van der Waals surface area (Å²) >= 11 is 0. The van der Waals surface area contributed by atoms with Crippen LogP contribution in [0.2, 0.25) is 0 Å². The molecule has 0 saturated carbocycles. The SMILES string of the molecule is Oc1ccc(CN[C@@H]2CO[C@H](C(c3ccccc3)c3ccccc3)C[C@H]2O)cc1O. The quantitative estimate of drug-likeness (QED) is 0.472. The molecule has 1 heterocycles. The van der Waals surface area contributed by atoms with Gasteiger partial charge in [0.25, 0.3) is 0 Å². The van der Waals surface area contributed by atoms with Crippen LogP contribution in [0.5, 0.6) is 11.5 Å². The lowest BCUT2D eigenvalue weighted by Crippen LogP contribution is -2.50. The molecular weight excluding hydrogens is 378 g/mol. The predicted molar refractivity (Wildman–Crippen MR) is 115 cm³/mol. The van der Waals surface area contributed by atoms with Crippen LogP contribution >= 0.6 is 0 Å². The van der Waals surface area contributed by atoms with Crippen LogP contribution < -0.4 is 5.32 Å². The Labute approximate surface area is 176 Å². The number of ether oxygens (including phenoxy) is 1. The maximum absolute atomic E-state index is 10.8. The van der Waals surface area contributed by atoms with Gasteiger partial charge in [0.1, 0.15) is 0 Å². The molecule has 0 bridgehead atoms. The average Bonchev–Trinajstić information content (AvgIpc) is 2.77. The van der Waals surface area contributed by atoms with Crippen LogP contribution in [0.3, 0.4) is 0 Å². The number of phenols is 2. The number of benzene rings is 3. The van der Waals surface area contributed by atoms with Crippen LogP contribution in [-0.2, 0) is 11.3 Å². The fourth-order valence-corrected chi connectivity index (χ4v) is 4.11. The Morgan fingerprint density at radius 3 is 2.07 bits per heavy atom. The first-order valence-corrected chi connectivity index (χ1v) is 10.3. The number of phenolic OH excluding ortho intramolecular Hbond substituents is 2. The van der Waals surface area contributed by atoms with Crippen molar-refractivity contribution in [2.75, 3.05) is 6.61 Å². The van der Waals surface area contributed by atoms with Gasteiger partial charge in [0.2, 0.25) is 0 Å². The normalized spacial score (nSPS) is 21.6. The summed E-state index contributed by atoms with van der Waals surface area (Å²) in [5.41, 5.74) is 3.17. The summed E-state index contributed by atoms with van der Waals surface area (Å²) in [6.07, 6.45) is -0.155. The van der Waals surface area contributed by atoms with Gasteiger partial charge in [0.15, 0.2) is 11.5 Å². The van der Waals surface area contributed by atoms with Gasteiger partial charge in [-0.15, -0.1) is 0 Å². The zero-order valence-electron chi connectivity index (χ0n) is 16.7. The van der Waals surface area contributed by atoms with E-state index in [-0.39, 0.29) is 29.6 Å². The van der Waals surface area contributed by atoms with Crippen molar-refractivity contribution in [1.29, 1.82) is 0 Å². The first-order chi connectivity index (χ1) is 14.6. The third kappa shape index (κ3) is 4.65. The van der Waals surface area contributed by atoms with E-state index in [4.69, 9.17) is 4.74 Å². The first kappa shape index (κ1) is 20.4. The monoisotopic (exact) mass is 405 g/mol. The number of hydrogen-bond acceptors (Lipinski definition) is 5. The minimum Gasteiger partial charge on any atom is -0.504 e. The van der Waals surface area contributed by atoms with Gasteiger partial charge in [-0.2, -0.15) is 0 Å². The van der Waals surface area contributed by atoms with Crippen molar-refractivity contribution < 1.29 is 20.1 Å². The van der Waals surface area contributed by atoms with E-state index in [2.05, 4.69) is 29.6 Å². The van der Waals surface area contributed by atoms with Gasteiger partial charge in [-0.25, -0.2) is 0 Å². The van der Waals surface area contributed by atoms with E-state index in [0.717, 1.165) is 5.56 Å². The molecule has 1 aliphatic heterocycles. The highest BCUT2D eigenvalue weighted by atomic mass is 16.5. The average molecular weight is 405 g/mol. The van der Waals surface area contributed by atoms with E-state index in [0.29, 0.717) is 19.6 Å². The number of rotatable bonds is 6. The van der Waals surface area contributed by atoms with Crippen LogP contribution in [0.4, 0.5) is 0 Å². The zero-order chi connectivity index (χ0) is 20.9. The molecular formula is C25H27NO4. The molecule has 5 nitrogen and oxygen atoms in total. The van der Waals surface area contributed by atoms with Crippen molar-refractivity contribution in [2.24, 2.45) is 0 Å². The summed E-state index contributed by atoms with van der Waals surface area (Å²) < 4.78 is 6.25. The summed E-state index contributed by atoms with van der Waals surface area (Å²) in [4.78, 5) is 0. The third-order valence-electron chi connectivity index (χ3n) is 5.73. The number of aliphatic hydroxyl groups is 1. The lowest BCUT2D eigenvalue weighted by atomic mass is 9.82. The second-order valence-corrected chi connectivity index (χ2v) is 7.78. The molecule has 1 fully saturated rings. The molecule has 30 heavy (non-hydrogen) atoms. The second kappa shape index (κ2) is 9.30. The molecule has 5 heteroatoms. The van der Waals surface area contributed by atoms with Crippen molar-refractivity contribution in [3.63, 3.8) is 0 Å². The number of nitrogens with one attached hydrogen (secondary N) is 1. The van der Waals surface area contributed by atoms with Crippen LogP contribution in [0, 0.1) is 0 Å². The summed E-state index contributed by atoms with van der Waals surface area (Å²) in [5, 5.41) is 33.2. The number of aromatic hydroxyl groups is 2. The highest BCUT2D eigenvalue weighted by Gasteiger charge is 2.35. The molecule has 3 aromatic rings. The molecule has 1 aliphatic rings. The van der Waals surface area contributed by atoms with Crippen molar-refractivity contribution in [3.8, 4) is 11.5 Å². The summed E-state index contributed by atoms with van der Waals surface area (Å²) in [6.45, 7) is 0.858. The maximum atomic E-state index is 10.8. The standard InChI is InChI=1S/C25H27NO4/c27-21-12-11-17(13-23(21)29)15-26-20-16-30-24(14-22(20)28)25(18-7-3-1-4-8-18)19-9-5-2-6-10-19/h1-13,20,22,24-29H,14-16H2/t20-,22-,24+/m1/s1. The highest BCUT2D eigenvalue weighted by molar-refractivity contribution is 5.40. The van der Waals surface area contributed by atoms with E-state index in [1.165, 1.54) is 23.3 Å². The van der Waals surface area contributed by atoms with Gasteiger partial charge in [-0.1, -0.05) is 66.7 Å². The molecule has 1 saturated heterocycles. The van der Waals surface area contributed by atoms with Gasteiger partial charge in [-0.3, -0.25) is 0 Å². The van der Waals surface area contributed by atoms with E-state index in [9.17, 15) is 15.3 Å². The van der Waals surface area contributed by atoms with Gasteiger partial charge < -0.3 is 25.4 Å².